The molecule has 1 nitrogen and oxygen atoms in total. The molecule has 100 valence electrons. The Morgan fingerprint density at radius 2 is 2.16 bits per heavy atom. The number of hydrogen-bond acceptors (Lipinski definition) is 3. The standard InChI is InChI=1S/C15H16FNS2/c1-9-2-3-12(16)11(6-9)15(17)14-7-10-8-18-5-4-13(10)19-14/h2-3,6-7,15H,4-5,8,17H2,1H3. The van der Waals surface area contributed by atoms with E-state index >= 15 is 0 Å². The summed E-state index contributed by atoms with van der Waals surface area (Å²) in [7, 11) is 0. The van der Waals surface area contributed by atoms with E-state index in [4.69, 9.17) is 5.73 Å². The Bertz CT molecular complexity index is 583. The number of hydrogen-bond donors (Lipinski definition) is 1. The second kappa shape index (κ2) is 5.27. The van der Waals surface area contributed by atoms with Crippen LogP contribution in [0.3, 0.4) is 0 Å². The summed E-state index contributed by atoms with van der Waals surface area (Å²) in [5, 5.41) is 0. The second-order valence-corrected chi connectivity index (χ2v) is 7.18. The van der Waals surface area contributed by atoms with E-state index in [2.05, 4.69) is 6.07 Å². The van der Waals surface area contributed by atoms with E-state index in [0.29, 0.717) is 5.56 Å². The van der Waals surface area contributed by atoms with E-state index < -0.39 is 0 Å². The van der Waals surface area contributed by atoms with Crippen LogP contribution in [-0.4, -0.2) is 5.75 Å². The molecular formula is C15H16FNS2. The number of aryl methyl sites for hydroxylation is 2. The molecule has 1 aromatic heterocycles. The summed E-state index contributed by atoms with van der Waals surface area (Å²) in [4.78, 5) is 2.51. The minimum absolute atomic E-state index is 0.209. The lowest BCUT2D eigenvalue weighted by Gasteiger charge is -2.12. The topological polar surface area (TPSA) is 26.0 Å². The fraction of sp³-hybridized carbons (Fsp3) is 0.333. The molecule has 0 fully saturated rings. The van der Waals surface area contributed by atoms with Crippen LogP contribution >= 0.6 is 23.1 Å². The van der Waals surface area contributed by atoms with Crippen molar-refractivity contribution in [3.63, 3.8) is 0 Å². The van der Waals surface area contributed by atoms with Crippen LogP contribution in [0, 0.1) is 12.7 Å². The number of thioether (sulfide) groups is 1. The summed E-state index contributed by atoms with van der Waals surface area (Å²) in [6.45, 7) is 1.96. The van der Waals surface area contributed by atoms with E-state index in [1.54, 1.807) is 17.4 Å². The van der Waals surface area contributed by atoms with Crippen molar-refractivity contribution in [3.05, 3.63) is 56.5 Å². The zero-order valence-corrected chi connectivity index (χ0v) is 12.4. The first kappa shape index (κ1) is 13.2. The predicted molar refractivity (Wildman–Crippen MR) is 81.4 cm³/mol. The summed E-state index contributed by atoms with van der Waals surface area (Å²) in [5.41, 5.74) is 9.30. The van der Waals surface area contributed by atoms with Gasteiger partial charge in [0, 0.05) is 21.1 Å². The zero-order chi connectivity index (χ0) is 13.4. The molecule has 1 aromatic carbocycles. The maximum Gasteiger partial charge on any atom is 0.128 e. The Hall–Kier alpha value is -0.840. The monoisotopic (exact) mass is 293 g/mol. The van der Waals surface area contributed by atoms with Crippen molar-refractivity contribution in [2.75, 3.05) is 5.75 Å². The van der Waals surface area contributed by atoms with Gasteiger partial charge in [0.2, 0.25) is 0 Å². The lowest BCUT2D eigenvalue weighted by Crippen LogP contribution is -2.12. The van der Waals surface area contributed by atoms with Crippen molar-refractivity contribution in [2.45, 2.75) is 25.1 Å². The van der Waals surface area contributed by atoms with E-state index in [0.717, 1.165) is 22.6 Å². The Morgan fingerprint density at radius 3 is 2.95 bits per heavy atom. The molecule has 0 saturated heterocycles. The van der Waals surface area contributed by atoms with E-state index in [9.17, 15) is 4.39 Å². The van der Waals surface area contributed by atoms with Crippen molar-refractivity contribution >= 4 is 23.1 Å². The fourth-order valence-electron chi connectivity index (χ4n) is 2.38. The molecule has 0 bridgehead atoms. The Morgan fingerprint density at radius 1 is 1.32 bits per heavy atom. The van der Waals surface area contributed by atoms with Gasteiger partial charge in [-0.15, -0.1) is 11.3 Å². The normalized spacial score (nSPS) is 16.2. The van der Waals surface area contributed by atoms with Crippen LogP contribution in [-0.2, 0) is 12.2 Å². The van der Waals surface area contributed by atoms with Crippen molar-refractivity contribution in [2.24, 2.45) is 5.73 Å². The minimum Gasteiger partial charge on any atom is -0.320 e. The van der Waals surface area contributed by atoms with Crippen molar-refractivity contribution in [1.29, 1.82) is 0 Å². The molecule has 2 N–H and O–H groups in total. The Labute approximate surface area is 121 Å². The molecule has 1 aliphatic rings. The third-order valence-electron chi connectivity index (χ3n) is 3.44. The molecule has 1 atom stereocenters. The highest BCUT2D eigenvalue weighted by Gasteiger charge is 2.20. The van der Waals surface area contributed by atoms with Gasteiger partial charge in [0.25, 0.3) is 0 Å². The molecule has 3 rings (SSSR count). The predicted octanol–water partition coefficient (Wildman–Crippen LogP) is 4.03. The lowest BCUT2D eigenvalue weighted by molar-refractivity contribution is 0.600. The number of fused-ring (bicyclic) bond motifs is 1. The highest BCUT2D eigenvalue weighted by atomic mass is 32.2. The van der Waals surface area contributed by atoms with Crippen LogP contribution in [0.25, 0.3) is 0 Å². The minimum atomic E-state index is -0.347. The maximum absolute atomic E-state index is 13.9. The Kier molecular flexibility index (Phi) is 3.65. The summed E-state index contributed by atoms with van der Waals surface area (Å²) in [6, 6.07) is 6.96. The number of rotatable bonds is 2. The van der Waals surface area contributed by atoms with Gasteiger partial charge < -0.3 is 5.73 Å². The SMILES string of the molecule is Cc1ccc(F)c(C(N)c2cc3c(s2)CCSC3)c1. The van der Waals surface area contributed by atoms with Crippen LogP contribution in [0.1, 0.15) is 32.5 Å². The maximum atomic E-state index is 13.9. The molecule has 0 amide bonds. The highest BCUT2D eigenvalue weighted by molar-refractivity contribution is 7.98. The van der Waals surface area contributed by atoms with E-state index in [1.807, 2.05) is 24.8 Å². The van der Waals surface area contributed by atoms with Crippen LogP contribution in [0.15, 0.2) is 24.3 Å². The molecule has 0 radical (unpaired) electrons. The smallest absolute Gasteiger partial charge is 0.128 e. The molecule has 4 heteroatoms. The van der Waals surface area contributed by atoms with Gasteiger partial charge in [-0.3, -0.25) is 0 Å². The summed E-state index contributed by atoms with van der Waals surface area (Å²) >= 11 is 3.70. The summed E-state index contributed by atoms with van der Waals surface area (Å²) in [6.07, 6.45) is 1.12. The second-order valence-electron chi connectivity index (χ2n) is 4.90. The summed E-state index contributed by atoms with van der Waals surface area (Å²) < 4.78 is 13.9. The van der Waals surface area contributed by atoms with Gasteiger partial charge in [0.15, 0.2) is 0 Å². The lowest BCUT2D eigenvalue weighted by atomic mass is 10.0. The van der Waals surface area contributed by atoms with Crippen LogP contribution in [0.4, 0.5) is 4.39 Å². The fourth-order valence-corrected chi connectivity index (χ4v) is 4.78. The molecule has 2 aromatic rings. The first-order valence-corrected chi connectivity index (χ1v) is 8.33. The number of thiophene rings is 1. The van der Waals surface area contributed by atoms with Gasteiger partial charge in [-0.1, -0.05) is 17.7 Å². The van der Waals surface area contributed by atoms with Crippen molar-refractivity contribution in [1.82, 2.24) is 0 Å². The molecule has 0 aliphatic carbocycles. The van der Waals surface area contributed by atoms with Gasteiger partial charge in [-0.05, 0) is 36.8 Å². The highest BCUT2D eigenvalue weighted by Crippen LogP contribution is 2.36. The zero-order valence-electron chi connectivity index (χ0n) is 10.8. The van der Waals surface area contributed by atoms with E-state index in [1.165, 1.54) is 22.3 Å². The molecular weight excluding hydrogens is 277 g/mol. The molecule has 0 saturated carbocycles. The van der Waals surface area contributed by atoms with Crippen LogP contribution in [0.5, 0.6) is 0 Å². The molecule has 1 aliphatic heterocycles. The first-order valence-electron chi connectivity index (χ1n) is 6.36. The van der Waals surface area contributed by atoms with Gasteiger partial charge in [-0.25, -0.2) is 4.39 Å². The first-order chi connectivity index (χ1) is 9.15. The number of benzene rings is 1. The van der Waals surface area contributed by atoms with E-state index in [-0.39, 0.29) is 11.9 Å². The molecule has 0 spiro atoms. The largest absolute Gasteiger partial charge is 0.320 e. The Balaban J connectivity index is 1.97. The van der Waals surface area contributed by atoms with Gasteiger partial charge >= 0.3 is 0 Å². The summed E-state index contributed by atoms with van der Waals surface area (Å²) in [5.74, 6) is 2.04. The third kappa shape index (κ3) is 2.57. The van der Waals surface area contributed by atoms with Gasteiger partial charge in [0.1, 0.15) is 5.82 Å². The number of nitrogens with two attached hydrogens (primary N) is 1. The van der Waals surface area contributed by atoms with Crippen molar-refractivity contribution in [3.8, 4) is 0 Å². The average molecular weight is 293 g/mol. The van der Waals surface area contributed by atoms with Crippen molar-refractivity contribution < 1.29 is 4.39 Å². The quantitative estimate of drug-likeness (QED) is 0.904. The average Bonchev–Trinajstić information content (AvgIpc) is 2.84. The molecule has 2 heterocycles. The third-order valence-corrected chi connectivity index (χ3v) is 5.77. The molecule has 1 unspecified atom stereocenters. The van der Waals surface area contributed by atoms with Crippen LogP contribution in [0.2, 0.25) is 0 Å². The van der Waals surface area contributed by atoms with Gasteiger partial charge in [0.05, 0.1) is 6.04 Å². The van der Waals surface area contributed by atoms with Crippen LogP contribution < -0.4 is 5.73 Å². The number of halogens is 1. The molecule has 19 heavy (non-hydrogen) atoms. The van der Waals surface area contributed by atoms with Gasteiger partial charge in [-0.2, -0.15) is 11.8 Å².